The average Bonchev–Trinajstić information content (AvgIpc) is 2.54. The summed E-state index contributed by atoms with van der Waals surface area (Å²) in [5, 5.41) is 37.6. The van der Waals surface area contributed by atoms with Gasteiger partial charge in [0.15, 0.2) is 0 Å². The van der Waals surface area contributed by atoms with E-state index < -0.39 is 18.3 Å². The van der Waals surface area contributed by atoms with Gasteiger partial charge in [0.25, 0.3) is 0 Å². The largest absolute Gasteiger partial charge is 0.389 e. The Balaban J connectivity index is 2.09. The van der Waals surface area contributed by atoms with Gasteiger partial charge in [-0.15, -0.1) is 11.8 Å². The molecule has 0 amide bonds. The first-order chi connectivity index (χ1) is 9.10. The highest BCUT2D eigenvalue weighted by Crippen LogP contribution is 2.37. The maximum atomic E-state index is 9.70. The van der Waals surface area contributed by atoms with Crippen molar-refractivity contribution in [3.05, 3.63) is 40.1 Å². The van der Waals surface area contributed by atoms with Crippen LogP contribution in [0.5, 0.6) is 0 Å². The number of aliphatic hydroxyl groups excluding tert-OH is 3. The Kier molecular flexibility index (Phi) is 4.91. The Morgan fingerprint density at radius 1 is 1.21 bits per heavy atom. The Bertz CT molecular complexity index is 510. The normalized spacial score (nSPS) is 27.3. The maximum absolute atomic E-state index is 9.70. The van der Waals surface area contributed by atoms with Crippen molar-refractivity contribution in [1.29, 1.82) is 5.26 Å². The zero-order valence-electron chi connectivity index (χ0n) is 9.93. The summed E-state index contributed by atoms with van der Waals surface area (Å²) in [6.45, 7) is 0. The van der Waals surface area contributed by atoms with Gasteiger partial charge in [0.1, 0.15) is 12.2 Å². The van der Waals surface area contributed by atoms with E-state index in [1.807, 2.05) is 12.1 Å². The third-order valence-corrected chi connectivity index (χ3v) is 5.03. The van der Waals surface area contributed by atoms with Crippen LogP contribution in [0.1, 0.15) is 5.56 Å². The number of hydrogen-bond acceptors (Lipinski definition) is 6. The van der Waals surface area contributed by atoms with Crippen LogP contribution >= 0.6 is 23.5 Å². The zero-order chi connectivity index (χ0) is 13.8. The van der Waals surface area contributed by atoms with Crippen LogP contribution in [0, 0.1) is 11.3 Å². The molecule has 1 aliphatic rings. The Hall–Kier alpha value is -0.970. The molecule has 0 saturated heterocycles. The molecule has 1 aromatic carbocycles. The lowest BCUT2D eigenvalue weighted by molar-refractivity contribution is -0.0299. The topological polar surface area (TPSA) is 84.5 Å². The second kappa shape index (κ2) is 6.46. The van der Waals surface area contributed by atoms with Crippen LogP contribution in [0.3, 0.4) is 0 Å². The molecule has 2 rings (SSSR count). The molecule has 0 bridgehead atoms. The van der Waals surface area contributed by atoms with Crippen LogP contribution in [0.25, 0.3) is 0 Å². The highest BCUT2D eigenvalue weighted by atomic mass is 32.2. The molecular formula is C13H13NO3S2. The highest BCUT2D eigenvalue weighted by molar-refractivity contribution is 8.22. The Morgan fingerprint density at radius 3 is 2.53 bits per heavy atom. The zero-order valence-corrected chi connectivity index (χ0v) is 11.6. The Labute approximate surface area is 119 Å². The van der Waals surface area contributed by atoms with Crippen molar-refractivity contribution in [3.63, 3.8) is 0 Å². The van der Waals surface area contributed by atoms with E-state index in [0.29, 0.717) is 11.3 Å². The van der Waals surface area contributed by atoms with Crippen LogP contribution in [0.15, 0.2) is 39.5 Å². The van der Waals surface area contributed by atoms with Crippen LogP contribution in [-0.4, -0.2) is 39.4 Å². The van der Waals surface area contributed by atoms with Crippen molar-refractivity contribution in [1.82, 2.24) is 0 Å². The van der Waals surface area contributed by atoms with E-state index in [-0.39, 0.29) is 0 Å². The maximum Gasteiger partial charge on any atom is 0.110 e. The number of nitrogens with zero attached hydrogens (tertiary/aromatic N) is 1. The van der Waals surface area contributed by atoms with Crippen LogP contribution < -0.4 is 0 Å². The summed E-state index contributed by atoms with van der Waals surface area (Å²) >= 11 is 2.83. The molecule has 3 N–H and O–H groups in total. The van der Waals surface area contributed by atoms with Gasteiger partial charge in [-0.1, -0.05) is 11.8 Å². The molecule has 1 aliphatic heterocycles. The molecular weight excluding hydrogens is 282 g/mol. The van der Waals surface area contributed by atoms with Crippen LogP contribution in [-0.2, 0) is 0 Å². The van der Waals surface area contributed by atoms with Crippen molar-refractivity contribution in [2.45, 2.75) is 23.2 Å². The first kappa shape index (κ1) is 14.4. The van der Waals surface area contributed by atoms with E-state index in [2.05, 4.69) is 6.07 Å². The fraction of sp³-hybridized carbons (Fsp3) is 0.308. The molecule has 0 aliphatic carbocycles. The first-order valence-electron chi connectivity index (χ1n) is 5.67. The second-order valence-electron chi connectivity index (χ2n) is 4.08. The van der Waals surface area contributed by atoms with Gasteiger partial charge in [0.05, 0.1) is 17.7 Å². The molecule has 0 unspecified atom stereocenters. The third-order valence-electron chi connectivity index (χ3n) is 2.65. The summed E-state index contributed by atoms with van der Waals surface area (Å²) in [6, 6.07) is 9.16. The smallest absolute Gasteiger partial charge is 0.110 e. The molecule has 6 heteroatoms. The van der Waals surface area contributed by atoms with Crippen molar-refractivity contribution >= 4 is 23.5 Å². The molecule has 3 atom stereocenters. The van der Waals surface area contributed by atoms with Crippen molar-refractivity contribution in [2.24, 2.45) is 0 Å². The van der Waals surface area contributed by atoms with Crippen molar-refractivity contribution in [2.75, 3.05) is 5.75 Å². The monoisotopic (exact) mass is 295 g/mol. The number of thioether (sulfide) groups is 2. The third kappa shape index (κ3) is 3.75. The molecule has 19 heavy (non-hydrogen) atoms. The van der Waals surface area contributed by atoms with E-state index in [9.17, 15) is 15.3 Å². The first-order valence-corrected chi connectivity index (χ1v) is 7.47. The molecule has 1 aromatic rings. The molecule has 0 saturated carbocycles. The van der Waals surface area contributed by atoms with Gasteiger partial charge in [0, 0.05) is 14.9 Å². The standard InChI is InChI=1S/C13H13NO3S2/c14-6-8-1-3-9(4-2-8)19-12-5-10(15)13(17)11(16)7-18-12/h1-5,10-11,13,15-17H,7H2/t10-,11+,13+/m1/s1. The van der Waals surface area contributed by atoms with Crippen molar-refractivity contribution < 1.29 is 15.3 Å². The number of nitriles is 1. The highest BCUT2D eigenvalue weighted by Gasteiger charge is 2.27. The summed E-state index contributed by atoms with van der Waals surface area (Å²) < 4.78 is 0.827. The van der Waals surface area contributed by atoms with E-state index in [0.717, 1.165) is 9.13 Å². The summed E-state index contributed by atoms with van der Waals surface area (Å²) in [5.41, 5.74) is 0.595. The fourth-order valence-corrected chi connectivity index (χ4v) is 3.77. The lowest BCUT2D eigenvalue weighted by Gasteiger charge is -2.16. The van der Waals surface area contributed by atoms with Gasteiger partial charge in [-0.05, 0) is 30.3 Å². The molecule has 0 aromatic heterocycles. The minimum Gasteiger partial charge on any atom is -0.389 e. The van der Waals surface area contributed by atoms with E-state index in [4.69, 9.17) is 5.26 Å². The van der Waals surface area contributed by atoms with Gasteiger partial charge < -0.3 is 15.3 Å². The number of benzene rings is 1. The van der Waals surface area contributed by atoms with Crippen molar-refractivity contribution in [3.8, 4) is 6.07 Å². The lowest BCUT2D eigenvalue weighted by atomic mass is 10.1. The molecule has 1 heterocycles. The van der Waals surface area contributed by atoms with Gasteiger partial charge in [-0.3, -0.25) is 0 Å². The minimum absolute atomic E-state index is 0.341. The van der Waals surface area contributed by atoms with Gasteiger partial charge in [-0.2, -0.15) is 5.26 Å². The van der Waals surface area contributed by atoms with Crippen LogP contribution in [0.2, 0.25) is 0 Å². The molecule has 0 fully saturated rings. The molecule has 0 spiro atoms. The molecule has 100 valence electrons. The summed E-state index contributed by atoms with van der Waals surface area (Å²) in [6.07, 6.45) is -1.60. The molecule has 4 nitrogen and oxygen atoms in total. The average molecular weight is 295 g/mol. The predicted molar refractivity (Wildman–Crippen MR) is 75.6 cm³/mol. The summed E-state index contributed by atoms with van der Waals surface area (Å²) in [7, 11) is 0. The fourth-order valence-electron chi connectivity index (χ4n) is 1.56. The number of hydrogen-bond donors (Lipinski definition) is 3. The van der Waals surface area contributed by atoms with E-state index in [1.165, 1.54) is 23.5 Å². The Morgan fingerprint density at radius 2 is 1.89 bits per heavy atom. The lowest BCUT2D eigenvalue weighted by Crippen LogP contribution is -2.36. The van der Waals surface area contributed by atoms with Gasteiger partial charge >= 0.3 is 0 Å². The minimum atomic E-state index is -1.15. The summed E-state index contributed by atoms with van der Waals surface area (Å²) in [4.78, 5) is 0.941. The van der Waals surface area contributed by atoms with E-state index >= 15 is 0 Å². The summed E-state index contributed by atoms with van der Waals surface area (Å²) in [5.74, 6) is 0.341. The van der Waals surface area contributed by atoms with Gasteiger partial charge in [0.2, 0.25) is 0 Å². The SMILES string of the molecule is N#Cc1ccc(SC2=C[C@@H](O)[C@H](O)[C@@H](O)CS2)cc1. The predicted octanol–water partition coefficient (Wildman–Crippen LogP) is 1.32. The number of rotatable bonds is 2. The van der Waals surface area contributed by atoms with E-state index in [1.54, 1.807) is 18.2 Å². The quantitative estimate of drug-likeness (QED) is 0.763. The van der Waals surface area contributed by atoms with Crippen LogP contribution in [0.4, 0.5) is 0 Å². The molecule has 0 radical (unpaired) electrons. The van der Waals surface area contributed by atoms with Gasteiger partial charge in [-0.25, -0.2) is 0 Å². The number of aliphatic hydroxyl groups is 3. The second-order valence-corrected chi connectivity index (χ2v) is 6.52.